The summed E-state index contributed by atoms with van der Waals surface area (Å²) in [5.74, 6) is -0.0624. The summed E-state index contributed by atoms with van der Waals surface area (Å²) in [5.41, 5.74) is 11.2. The lowest BCUT2D eigenvalue weighted by Gasteiger charge is -2.44. The molecule has 0 bridgehead atoms. The number of para-hydroxylation sites is 2. The Morgan fingerprint density at radius 1 is 0.861 bits per heavy atom. The molecule has 0 aromatic heterocycles. The largest absolute Gasteiger partial charge is 1.00 e. The Labute approximate surface area is 229 Å². The molecule has 2 aromatic carbocycles. The first-order valence-electron chi connectivity index (χ1n) is 13.4. The molecule has 3 aliphatic heterocycles. The van der Waals surface area contributed by atoms with Crippen LogP contribution in [0.3, 0.4) is 0 Å². The second kappa shape index (κ2) is 11.7. The van der Waals surface area contributed by atoms with Gasteiger partial charge in [0.15, 0.2) is 5.54 Å². The van der Waals surface area contributed by atoms with Gasteiger partial charge in [-0.25, -0.2) is 0 Å². The smallest absolute Gasteiger partial charge is 0.279 e. The Kier molecular flexibility index (Phi) is 9.37. The van der Waals surface area contributed by atoms with Crippen molar-refractivity contribution in [3.63, 3.8) is 0 Å². The van der Waals surface area contributed by atoms with Crippen LogP contribution in [0.25, 0.3) is 0 Å². The van der Waals surface area contributed by atoms with Crippen LogP contribution < -0.4 is 45.2 Å². The summed E-state index contributed by atoms with van der Waals surface area (Å²) in [6.07, 6.45) is 6.79. The number of likely N-dealkylation sites (tertiary alicyclic amines) is 2. The maximum atomic E-state index is 12.6. The molecule has 36 heavy (non-hydrogen) atoms. The molecule has 7 heteroatoms. The van der Waals surface area contributed by atoms with Crippen LogP contribution >= 0.6 is 0 Å². The number of fused-ring (bicyclic) bond motifs is 2. The lowest BCUT2D eigenvalue weighted by molar-refractivity contribution is -0.974. The molecule has 2 aromatic rings. The van der Waals surface area contributed by atoms with Crippen molar-refractivity contribution in [1.82, 2.24) is 0 Å². The van der Waals surface area contributed by atoms with Gasteiger partial charge in [0.25, 0.3) is 5.91 Å². The van der Waals surface area contributed by atoms with E-state index in [2.05, 4.69) is 67.3 Å². The first kappa shape index (κ1) is 28.8. The summed E-state index contributed by atoms with van der Waals surface area (Å²) in [5, 5.41) is 0. The Morgan fingerprint density at radius 2 is 1.39 bits per heavy atom. The number of rotatable bonds is 6. The van der Waals surface area contributed by atoms with Gasteiger partial charge in [-0.2, -0.15) is 0 Å². The zero-order valence-electron chi connectivity index (χ0n) is 21.8. The molecule has 3 aliphatic rings. The van der Waals surface area contributed by atoms with Crippen molar-refractivity contribution in [3.05, 3.63) is 59.7 Å². The number of hydrogen-bond acceptors (Lipinski definition) is 2. The molecule has 5 rings (SSSR count). The average Bonchev–Trinajstić information content (AvgIpc) is 2.87. The number of hydrogen-bond donors (Lipinski definition) is 3. The summed E-state index contributed by atoms with van der Waals surface area (Å²) in [6.45, 7) is 11.2. The predicted molar refractivity (Wildman–Crippen MR) is 138 cm³/mol. The van der Waals surface area contributed by atoms with E-state index in [1.165, 1.54) is 46.7 Å². The van der Waals surface area contributed by atoms with Crippen molar-refractivity contribution in [1.29, 1.82) is 0 Å². The fraction of sp³-hybridized carbons (Fsp3) is 0.552. The zero-order chi connectivity index (χ0) is 23.8. The normalized spacial score (nSPS) is 25.1. The van der Waals surface area contributed by atoms with E-state index < -0.39 is 0 Å². The highest BCUT2D eigenvalue weighted by Gasteiger charge is 2.50. The minimum atomic E-state index is -0.319. The van der Waals surface area contributed by atoms with E-state index in [0.29, 0.717) is 0 Å². The molecule has 0 radical (unpaired) electrons. The Morgan fingerprint density at radius 3 is 1.92 bits per heavy atom. The van der Waals surface area contributed by atoms with Gasteiger partial charge in [-0.1, -0.05) is 50.2 Å². The Hall–Kier alpha value is -1.79. The predicted octanol–water partition coefficient (Wildman–Crippen LogP) is -4.17. The van der Waals surface area contributed by atoms with Gasteiger partial charge in [-0.05, 0) is 42.5 Å². The van der Waals surface area contributed by atoms with Crippen molar-refractivity contribution >= 4 is 17.3 Å². The van der Waals surface area contributed by atoms with Crippen LogP contribution in [-0.2, 0) is 10.2 Å². The van der Waals surface area contributed by atoms with E-state index in [9.17, 15) is 4.79 Å². The molecule has 198 valence electrons. The van der Waals surface area contributed by atoms with E-state index in [1.807, 2.05) is 0 Å². The highest BCUT2D eigenvalue weighted by molar-refractivity contribution is 5.83. The highest BCUT2D eigenvalue weighted by atomic mass is 35.5. The van der Waals surface area contributed by atoms with Gasteiger partial charge in [0.1, 0.15) is 0 Å². The fourth-order valence-corrected chi connectivity index (χ4v) is 6.99. The first-order valence-corrected chi connectivity index (χ1v) is 13.4. The van der Waals surface area contributed by atoms with E-state index in [0.717, 1.165) is 58.5 Å². The third-order valence-corrected chi connectivity index (χ3v) is 9.06. The van der Waals surface area contributed by atoms with Gasteiger partial charge in [0.05, 0.1) is 45.6 Å². The molecule has 0 spiro atoms. The van der Waals surface area contributed by atoms with E-state index >= 15 is 0 Å². The number of nitrogens with two attached hydrogens (primary N) is 1. The van der Waals surface area contributed by atoms with E-state index in [1.54, 1.807) is 4.90 Å². The number of nitrogens with zero attached hydrogens (tertiary/aromatic N) is 1. The Bertz CT molecular complexity index is 980. The van der Waals surface area contributed by atoms with Crippen LogP contribution in [0.2, 0.25) is 0 Å². The number of anilines is 2. The molecule has 2 fully saturated rings. The Balaban J connectivity index is 0.00000180. The summed E-state index contributed by atoms with van der Waals surface area (Å²) < 4.78 is 0. The number of carbonyl (C=O) groups is 1. The average molecular weight is 534 g/mol. The second-order valence-corrected chi connectivity index (χ2v) is 11.3. The van der Waals surface area contributed by atoms with Gasteiger partial charge < -0.3 is 45.2 Å². The number of benzene rings is 2. The molecule has 1 amide bonds. The molecule has 3 heterocycles. The minimum Gasteiger partial charge on any atom is -1.00 e. The zero-order valence-corrected chi connectivity index (χ0v) is 23.3. The van der Waals surface area contributed by atoms with Gasteiger partial charge in [0, 0.05) is 29.8 Å². The molecule has 0 aliphatic carbocycles. The number of quaternary nitrogens is 2. The highest BCUT2D eigenvalue weighted by Crippen LogP contribution is 2.48. The van der Waals surface area contributed by atoms with Crippen LogP contribution in [-0.4, -0.2) is 50.7 Å². The summed E-state index contributed by atoms with van der Waals surface area (Å²) in [6, 6.07) is 17.8. The molecule has 0 atom stereocenters. The molecule has 0 saturated carbocycles. The van der Waals surface area contributed by atoms with Crippen LogP contribution in [0.5, 0.6) is 0 Å². The lowest BCUT2D eigenvalue weighted by atomic mass is 9.73. The van der Waals surface area contributed by atoms with Crippen LogP contribution in [0.15, 0.2) is 48.5 Å². The molecule has 2 saturated heterocycles. The van der Waals surface area contributed by atoms with Crippen molar-refractivity contribution < 1.29 is 39.4 Å². The maximum Gasteiger partial charge on any atom is 0.279 e. The van der Waals surface area contributed by atoms with E-state index in [4.69, 9.17) is 5.73 Å². The van der Waals surface area contributed by atoms with Gasteiger partial charge in [0.2, 0.25) is 0 Å². The van der Waals surface area contributed by atoms with Gasteiger partial charge >= 0.3 is 0 Å². The third kappa shape index (κ3) is 5.13. The summed E-state index contributed by atoms with van der Waals surface area (Å²) in [7, 11) is 0. The molecule has 4 N–H and O–H groups in total. The van der Waals surface area contributed by atoms with Crippen molar-refractivity contribution in [2.75, 3.05) is 44.2 Å². The topological polar surface area (TPSA) is 55.2 Å². The maximum absolute atomic E-state index is 12.6. The first-order chi connectivity index (χ1) is 16.4. The number of halogens is 2. The number of primary amides is 1. The van der Waals surface area contributed by atoms with E-state index in [-0.39, 0.29) is 41.7 Å². The monoisotopic (exact) mass is 532 g/mol. The van der Waals surface area contributed by atoms with Gasteiger partial charge in [-0.3, -0.25) is 4.79 Å². The van der Waals surface area contributed by atoms with Crippen molar-refractivity contribution in [3.8, 4) is 0 Å². The van der Waals surface area contributed by atoms with Crippen molar-refractivity contribution in [2.45, 2.75) is 63.3 Å². The van der Waals surface area contributed by atoms with Crippen LogP contribution in [0, 0.1) is 0 Å². The summed E-state index contributed by atoms with van der Waals surface area (Å²) >= 11 is 0. The van der Waals surface area contributed by atoms with Crippen LogP contribution in [0.1, 0.15) is 63.5 Å². The fourth-order valence-electron chi connectivity index (χ4n) is 6.99. The quantitative estimate of drug-likeness (QED) is 0.353. The number of carbonyl (C=O) groups excluding carboxylic acids is 1. The number of nitrogens with one attached hydrogen (secondary N) is 2. The lowest BCUT2D eigenvalue weighted by Crippen LogP contribution is -3.26. The molecular formula is C29H42Cl2N4O. The number of amides is 1. The number of piperidine rings is 2. The summed E-state index contributed by atoms with van der Waals surface area (Å²) in [4.78, 5) is 18.2. The molecule has 0 unspecified atom stereocenters. The van der Waals surface area contributed by atoms with Gasteiger partial charge in [-0.15, -0.1) is 0 Å². The third-order valence-electron chi connectivity index (χ3n) is 9.06. The molecular weight excluding hydrogens is 491 g/mol. The molecule has 5 nitrogen and oxygen atoms in total. The standard InChI is InChI=1S/C29H40N4O.2ClH/c1-28(2)23-11-4-6-13-25(23)33(26-14-7-5-12-24(26)28)20-10-17-31-21-15-29(16-22-31,27(30)34)32-18-8-3-9-19-32;;/h4-7,11-14H,3,8-10,15-22H2,1-2H3,(H2,30,34);2*1H. The SMILES string of the molecule is CC1(C)c2ccccc2N(CCC[NH+]2CCC(C(N)=O)([NH+]3CCCCC3)CC2)c2ccccc21.[Cl-].[Cl-]. The second-order valence-electron chi connectivity index (χ2n) is 11.3. The van der Waals surface area contributed by atoms with Crippen molar-refractivity contribution in [2.24, 2.45) is 5.73 Å². The minimum absolute atomic E-state index is 0. The van der Waals surface area contributed by atoms with Crippen LogP contribution in [0.4, 0.5) is 11.4 Å².